The highest BCUT2D eigenvalue weighted by molar-refractivity contribution is 5.29. The van der Waals surface area contributed by atoms with Crippen LogP contribution in [-0.4, -0.2) is 50.1 Å². The molecule has 0 N–H and O–H groups in total. The largest absolute Gasteiger partial charge is 0.492 e. The number of methoxy groups -OCH3 is 1. The maximum atomic E-state index is 6.28. The lowest BCUT2D eigenvalue weighted by atomic mass is 9.53. The SMILES string of the molecule is COC1(OOC2CCC(c3ccc(OCCN4CCCC4)cc3)CC2)C2CC3CC(C2)CC1C3. The summed E-state index contributed by atoms with van der Waals surface area (Å²) in [6.07, 6.45) is 13.7. The summed E-state index contributed by atoms with van der Waals surface area (Å²) in [6, 6.07) is 8.84. The standard InChI is InChI=1S/C29H43NO4/c1-31-29(25-17-21-16-22(19-25)20-26(29)18-21)34-33-28-10-6-24(7-11-28)23-4-8-27(9-5-23)32-15-14-30-12-2-3-13-30/h4-5,8-9,21-22,24-26,28H,2-3,6-7,10-20H2,1H3. The van der Waals surface area contributed by atoms with Crippen molar-refractivity contribution >= 4 is 0 Å². The number of likely N-dealkylation sites (tertiary alicyclic amines) is 1. The first-order chi connectivity index (χ1) is 16.7. The highest BCUT2D eigenvalue weighted by Crippen LogP contribution is 2.60. The number of ether oxygens (including phenoxy) is 2. The first-order valence-corrected chi connectivity index (χ1v) is 14.1. The van der Waals surface area contributed by atoms with Gasteiger partial charge in [-0.05, 0) is 119 Å². The molecule has 1 aliphatic heterocycles. The second-order valence-corrected chi connectivity index (χ2v) is 11.8. The Balaban J connectivity index is 0.961. The van der Waals surface area contributed by atoms with E-state index < -0.39 is 5.79 Å². The number of benzene rings is 1. The molecule has 0 radical (unpaired) electrons. The highest BCUT2D eigenvalue weighted by Gasteiger charge is 2.60. The Morgan fingerprint density at radius 3 is 2.12 bits per heavy atom. The first kappa shape index (κ1) is 23.3. The average Bonchev–Trinajstić information content (AvgIpc) is 3.38. The van der Waals surface area contributed by atoms with E-state index in [4.69, 9.17) is 19.2 Å². The molecule has 4 bridgehead atoms. The van der Waals surface area contributed by atoms with Crippen LogP contribution in [0.15, 0.2) is 24.3 Å². The van der Waals surface area contributed by atoms with Crippen molar-refractivity contribution in [3.8, 4) is 5.75 Å². The van der Waals surface area contributed by atoms with Crippen molar-refractivity contribution in [2.75, 3.05) is 33.4 Å². The van der Waals surface area contributed by atoms with Gasteiger partial charge in [-0.3, -0.25) is 4.90 Å². The zero-order chi connectivity index (χ0) is 23.0. The van der Waals surface area contributed by atoms with Crippen LogP contribution < -0.4 is 4.74 Å². The van der Waals surface area contributed by atoms with Crippen molar-refractivity contribution < 1.29 is 19.2 Å². The third-order valence-corrected chi connectivity index (χ3v) is 9.81. The summed E-state index contributed by atoms with van der Waals surface area (Å²) in [5.74, 6) is 3.93. The van der Waals surface area contributed by atoms with Gasteiger partial charge in [0.05, 0.1) is 6.10 Å². The van der Waals surface area contributed by atoms with Crippen LogP contribution in [0, 0.1) is 23.7 Å². The fraction of sp³-hybridized carbons (Fsp3) is 0.793. The molecule has 1 heterocycles. The number of hydrogen-bond donors (Lipinski definition) is 0. The lowest BCUT2D eigenvalue weighted by Crippen LogP contribution is -2.60. The molecule has 0 amide bonds. The predicted octanol–water partition coefficient (Wildman–Crippen LogP) is 5.93. The van der Waals surface area contributed by atoms with Gasteiger partial charge in [0.25, 0.3) is 0 Å². The summed E-state index contributed by atoms with van der Waals surface area (Å²) in [7, 11) is 1.84. The highest BCUT2D eigenvalue weighted by atomic mass is 17.2. The van der Waals surface area contributed by atoms with Crippen molar-refractivity contribution in [2.45, 2.75) is 88.4 Å². The molecule has 5 saturated carbocycles. The molecule has 1 aromatic carbocycles. The third kappa shape index (κ3) is 4.66. The number of rotatable bonds is 9. The lowest BCUT2D eigenvalue weighted by Gasteiger charge is -2.58. The first-order valence-electron chi connectivity index (χ1n) is 14.1. The Hall–Kier alpha value is -1.14. The zero-order valence-electron chi connectivity index (χ0n) is 21.0. The molecule has 5 nitrogen and oxygen atoms in total. The maximum absolute atomic E-state index is 6.28. The summed E-state index contributed by atoms with van der Waals surface area (Å²) < 4.78 is 12.1. The van der Waals surface area contributed by atoms with Gasteiger partial charge in [-0.1, -0.05) is 12.1 Å². The topological polar surface area (TPSA) is 40.2 Å². The van der Waals surface area contributed by atoms with E-state index >= 15 is 0 Å². The molecule has 0 atom stereocenters. The van der Waals surface area contributed by atoms with E-state index in [1.165, 1.54) is 63.6 Å². The van der Waals surface area contributed by atoms with Crippen LogP contribution in [-0.2, 0) is 14.5 Å². The Bertz CT molecular complexity index is 769. The van der Waals surface area contributed by atoms with Crippen LogP contribution >= 0.6 is 0 Å². The van der Waals surface area contributed by atoms with Gasteiger partial charge in [-0.15, -0.1) is 0 Å². The second-order valence-electron chi connectivity index (χ2n) is 11.8. The van der Waals surface area contributed by atoms with E-state index in [2.05, 4.69) is 29.2 Å². The number of nitrogens with zero attached hydrogens (tertiary/aromatic N) is 1. The van der Waals surface area contributed by atoms with Gasteiger partial charge in [-0.2, -0.15) is 0 Å². The zero-order valence-corrected chi connectivity index (χ0v) is 21.0. The summed E-state index contributed by atoms with van der Waals surface area (Å²) in [4.78, 5) is 14.9. The summed E-state index contributed by atoms with van der Waals surface area (Å²) >= 11 is 0. The summed E-state index contributed by atoms with van der Waals surface area (Å²) in [6.45, 7) is 4.29. The normalized spacial score (nSPS) is 39.6. The van der Waals surface area contributed by atoms with Crippen molar-refractivity contribution in [2.24, 2.45) is 23.7 Å². The summed E-state index contributed by atoms with van der Waals surface area (Å²) in [5, 5.41) is 0. The summed E-state index contributed by atoms with van der Waals surface area (Å²) in [5.41, 5.74) is 1.43. The molecule has 188 valence electrons. The predicted molar refractivity (Wildman–Crippen MR) is 132 cm³/mol. The average molecular weight is 470 g/mol. The van der Waals surface area contributed by atoms with Crippen LogP contribution in [0.4, 0.5) is 0 Å². The lowest BCUT2D eigenvalue weighted by molar-refractivity contribution is -0.485. The second kappa shape index (κ2) is 10.1. The maximum Gasteiger partial charge on any atom is 0.207 e. The Labute approximate surface area is 205 Å². The van der Waals surface area contributed by atoms with Gasteiger partial charge in [0.2, 0.25) is 5.79 Å². The van der Waals surface area contributed by atoms with Gasteiger partial charge in [0.15, 0.2) is 0 Å². The van der Waals surface area contributed by atoms with Gasteiger partial charge in [0, 0.05) is 25.5 Å². The smallest absolute Gasteiger partial charge is 0.207 e. The van der Waals surface area contributed by atoms with Crippen molar-refractivity contribution in [3.63, 3.8) is 0 Å². The molecule has 0 aromatic heterocycles. The third-order valence-electron chi connectivity index (χ3n) is 9.81. The molecule has 5 heteroatoms. The van der Waals surface area contributed by atoms with E-state index in [0.717, 1.165) is 56.4 Å². The van der Waals surface area contributed by atoms with E-state index in [1.54, 1.807) is 0 Å². The van der Waals surface area contributed by atoms with Crippen molar-refractivity contribution in [1.29, 1.82) is 0 Å². The Morgan fingerprint density at radius 1 is 0.853 bits per heavy atom. The van der Waals surface area contributed by atoms with E-state index in [0.29, 0.717) is 17.8 Å². The van der Waals surface area contributed by atoms with Crippen LogP contribution in [0.2, 0.25) is 0 Å². The molecule has 6 aliphatic rings. The minimum absolute atomic E-state index is 0.189. The van der Waals surface area contributed by atoms with E-state index in [9.17, 15) is 0 Å². The van der Waals surface area contributed by atoms with E-state index in [-0.39, 0.29) is 6.10 Å². The molecule has 0 unspecified atom stereocenters. The Kier molecular flexibility index (Phi) is 6.90. The molecule has 1 saturated heterocycles. The van der Waals surface area contributed by atoms with Crippen LogP contribution in [0.5, 0.6) is 5.75 Å². The molecule has 5 aliphatic carbocycles. The molecule has 6 fully saturated rings. The van der Waals surface area contributed by atoms with Crippen LogP contribution in [0.25, 0.3) is 0 Å². The monoisotopic (exact) mass is 469 g/mol. The van der Waals surface area contributed by atoms with Gasteiger partial charge >= 0.3 is 0 Å². The van der Waals surface area contributed by atoms with Gasteiger partial charge < -0.3 is 9.47 Å². The number of hydrogen-bond acceptors (Lipinski definition) is 5. The molecule has 34 heavy (non-hydrogen) atoms. The fourth-order valence-electron chi connectivity index (χ4n) is 8.12. The van der Waals surface area contributed by atoms with Crippen LogP contribution in [0.3, 0.4) is 0 Å². The quantitative estimate of drug-likeness (QED) is 0.254. The van der Waals surface area contributed by atoms with Crippen molar-refractivity contribution in [1.82, 2.24) is 4.90 Å². The van der Waals surface area contributed by atoms with Crippen LogP contribution in [0.1, 0.15) is 82.1 Å². The van der Waals surface area contributed by atoms with Crippen molar-refractivity contribution in [3.05, 3.63) is 29.8 Å². The molecule has 0 spiro atoms. The molecular weight excluding hydrogens is 426 g/mol. The fourth-order valence-corrected chi connectivity index (χ4v) is 8.12. The molecule has 1 aromatic rings. The Morgan fingerprint density at radius 2 is 1.50 bits per heavy atom. The molecule has 7 rings (SSSR count). The minimum Gasteiger partial charge on any atom is -0.492 e. The van der Waals surface area contributed by atoms with E-state index in [1.807, 2.05) is 7.11 Å². The molecular formula is C29H43NO4. The van der Waals surface area contributed by atoms with Gasteiger partial charge in [-0.25, -0.2) is 9.78 Å². The van der Waals surface area contributed by atoms with Gasteiger partial charge in [0.1, 0.15) is 12.4 Å². The minimum atomic E-state index is -0.491.